The number of β-amino-alcohol motifs (C(OH)–C–C–N with tert-alkyl or cyclic N) is 1. The lowest BCUT2D eigenvalue weighted by atomic mass is 10.1. The highest BCUT2D eigenvalue weighted by Gasteiger charge is 2.16. The van der Waals surface area contributed by atoms with Gasteiger partial charge in [0, 0.05) is 19.6 Å². The van der Waals surface area contributed by atoms with Crippen LogP contribution in [0.3, 0.4) is 0 Å². The number of aryl methyl sites for hydroxylation is 1. The first-order chi connectivity index (χ1) is 14.1. The highest BCUT2D eigenvalue weighted by Crippen LogP contribution is 2.28. The Kier molecular flexibility index (Phi) is 8.35. The minimum Gasteiger partial charge on any atom is -0.493 e. The number of benzene rings is 2. The minimum atomic E-state index is -0.499. The summed E-state index contributed by atoms with van der Waals surface area (Å²) < 4.78 is 11.4. The second kappa shape index (κ2) is 11.2. The molecular weight excluding hydrogens is 364 g/mol. The molecule has 2 N–H and O–H groups in total. The minimum absolute atomic E-state index is 0.271. The average molecular weight is 399 g/mol. The van der Waals surface area contributed by atoms with Gasteiger partial charge in [0.05, 0.1) is 7.11 Å². The molecule has 1 saturated heterocycles. The van der Waals surface area contributed by atoms with E-state index < -0.39 is 6.10 Å². The topological polar surface area (TPSA) is 54.0 Å². The summed E-state index contributed by atoms with van der Waals surface area (Å²) in [5, 5.41) is 13.8. The van der Waals surface area contributed by atoms with Crippen LogP contribution in [0.4, 0.5) is 0 Å². The van der Waals surface area contributed by atoms with Gasteiger partial charge in [-0.3, -0.25) is 0 Å². The van der Waals surface area contributed by atoms with Gasteiger partial charge in [-0.15, -0.1) is 0 Å². The van der Waals surface area contributed by atoms with Gasteiger partial charge in [-0.05, 0) is 56.1 Å². The Morgan fingerprint density at radius 3 is 2.48 bits per heavy atom. The Morgan fingerprint density at radius 2 is 1.76 bits per heavy atom. The molecule has 1 unspecified atom stereocenters. The number of rotatable bonds is 10. The summed E-state index contributed by atoms with van der Waals surface area (Å²) in [6.45, 7) is 6.75. The van der Waals surface area contributed by atoms with Crippen LogP contribution in [0.25, 0.3) is 0 Å². The highest BCUT2D eigenvalue weighted by molar-refractivity contribution is 5.43. The summed E-state index contributed by atoms with van der Waals surface area (Å²) in [5.74, 6) is 1.37. The number of nitrogens with one attached hydrogen (secondary N) is 1. The zero-order valence-electron chi connectivity index (χ0n) is 17.7. The van der Waals surface area contributed by atoms with Crippen molar-refractivity contribution in [3.8, 4) is 11.5 Å². The fraction of sp³-hybridized carbons (Fsp3) is 0.500. The SMILES string of the molecule is COc1ccc(CNCc2cccc(C)c2)cc1OCC(O)CN1CCCCC1. The van der Waals surface area contributed by atoms with Crippen molar-refractivity contribution in [2.75, 3.05) is 33.4 Å². The molecule has 0 saturated carbocycles. The van der Waals surface area contributed by atoms with Crippen LogP contribution in [0.1, 0.15) is 36.0 Å². The summed E-state index contributed by atoms with van der Waals surface area (Å²) in [6, 6.07) is 14.5. The van der Waals surface area contributed by atoms with Crippen LogP contribution in [-0.2, 0) is 13.1 Å². The average Bonchev–Trinajstić information content (AvgIpc) is 2.73. The monoisotopic (exact) mass is 398 g/mol. The first-order valence-corrected chi connectivity index (χ1v) is 10.6. The summed E-state index contributed by atoms with van der Waals surface area (Å²) in [4.78, 5) is 2.32. The van der Waals surface area contributed by atoms with Crippen LogP contribution in [0.5, 0.6) is 11.5 Å². The molecule has 0 amide bonds. The molecule has 0 bridgehead atoms. The van der Waals surface area contributed by atoms with Crippen molar-refractivity contribution in [2.45, 2.75) is 45.4 Å². The molecule has 1 fully saturated rings. The van der Waals surface area contributed by atoms with Gasteiger partial charge in [0.2, 0.25) is 0 Å². The molecule has 2 aromatic rings. The quantitative estimate of drug-likeness (QED) is 0.641. The molecule has 0 aliphatic carbocycles. The Morgan fingerprint density at radius 1 is 1.00 bits per heavy atom. The first kappa shape index (κ1) is 21.6. The Bertz CT molecular complexity index is 760. The van der Waals surface area contributed by atoms with Crippen molar-refractivity contribution in [3.05, 3.63) is 59.2 Å². The van der Waals surface area contributed by atoms with Gasteiger partial charge in [-0.25, -0.2) is 0 Å². The number of aliphatic hydroxyl groups is 1. The fourth-order valence-corrected chi connectivity index (χ4v) is 3.80. The van der Waals surface area contributed by atoms with Gasteiger partial charge in [-0.2, -0.15) is 0 Å². The van der Waals surface area contributed by atoms with E-state index >= 15 is 0 Å². The zero-order chi connectivity index (χ0) is 20.5. The van der Waals surface area contributed by atoms with Crippen molar-refractivity contribution in [3.63, 3.8) is 0 Å². The summed E-state index contributed by atoms with van der Waals surface area (Å²) in [7, 11) is 1.64. The van der Waals surface area contributed by atoms with Crippen molar-refractivity contribution in [1.29, 1.82) is 0 Å². The smallest absolute Gasteiger partial charge is 0.161 e. The Balaban J connectivity index is 1.51. The molecule has 0 radical (unpaired) electrons. The summed E-state index contributed by atoms with van der Waals surface area (Å²) in [5.41, 5.74) is 3.67. The summed E-state index contributed by atoms with van der Waals surface area (Å²) >= 11 is 0. The van der Waals surface area contributed by atoms with Gasteiger partial charge in [-0.1, -0.05) is 42.3 Å². The third kappa shape index (κ3) is 7.03. The van der Waals surface area contributed by atoms with Crippen molar-refractivity contribution in [1.82, 2.24) is 10.2 Å². The van der Waals surface area contributed by atoms with E-state index in [0.29, 0.717) is 18.0 Å². The fourth-order valence-electron chi connectivity index (χ4n) is 3.80. The number of ether oxygens (including phenoxy) is 2. The number of methoxy groups -OCH3 is 1. The standard InChI is InChI=1S/C24H34N2O3/c1-19-7-6-8-20(13-19)15-25-16-21-9-10-23(28-2)24(14-21)29-18-22(27)17-26-11-4-3-5-12-26/h6-10,13-14,22,25,27H,3-5,11-12,15-18H2,1-2H3. The first-order valence-electron chi connectivity index (χ1n) is 10.6. The Labute approximate surface area is 174 Å². The highest BCUT2D eigenvalue weighted by atomic mass is 16.5. The van der Waals surface area contributed by atoms with Crippen LogP contribution in [0, 0.1) is 6.92 Å². The molecule has 1 atom stereocenters. The van der Waals surface area contributed by atoms with Crippen molar-refractivity contribution in [2.24, 2.45) is 0 Å². The van der Waals surface area contributed by atoms with Gasteiger partial charge in [0.15, 0.2) is 11.5 Å². The molecular formula is C24H34N2O3. The molecule has 3 rings (SSSR count). The molecule has 158 valence electrons. The van der Waals surface area contributed by atoms with Gasteiger partial charge < -0.3 is 24.8 Å². The van der Waals surface area contributed by atoms with Crippen LogP contribution < -0.4 is 14.8 Å². The number of nitrogens with zero attached hydrogens (tertiary/aromatic N) is 1. The maximum absolute atomic E-state index is 10.4. The molecule has 1 aliphatic heterocycles. The largest absolute Gasteiger partial charge is 0.493 e. The van der Waals surface area contributed by atoms with E-state index in [4.69, 9.17) is 9.47 Å². The predicted octanol–water partition coefficient (Wildman–Crippen LogP) is 3.52. The third-order valence-electron chi connectivity index (χ3n) is 5.32. The van der Waals surface area contributed by atoms with E-state index in [0.717, 1.165) is 31.7 Å². The third-order valence-corrected chi connectivity index (χ3v) is 5.32. The van der Waals surface area contributed by atoms with Crippen LogP contribution in [0.15, 0.2) is 42.5 Å². The van der Waals surface area contributed by atoms with Gasteiger partial charge in [0.25, 0.3) is 0 Å². The number of hydrogen-bond acceptors (Lipinski definition) is 5. The number of aliphatic hydroxyl groups excluding tert-OH is 1. The van der Waals surface area contributed by atoms with E-state index in [1.54, 1.807) is 7.11 Å². The molecule has 1 heterocycles. The summed E-state index contributed by atoms with van der Waals surface area (Å²) in [6.07, 6.45) is 3.24. The number of likely N-dealkylation sites (tertiary alicyclic amines) is 1. The normalized spacial score (nSPS) is 15.8. The second-order valence-electron chi connectivity index (χ2n) is 7.90. The molecule has 2 aromatic carbocycles. The zero-order valence-corrected chi connectivity index (χ0v) is 17.7. The predicted molar refractivity (Wildman–Crippen MR) is 117 cm³/mol. The molecule has 0 spiro atoms. The maximum atomic E-state index is 10.4. The lowest BCUT2D eigenvalue weighted by Crippen LogP contribution is -2.38. The number of piperidine rings is 1. The molecule has 5 nitrogen and oxygen atoms in total. The molecule has 1 aliphatic rings. The molecule has 29 heavy (non-hydrogen) atoms. The lowest BCUT2D eigenvalue weighted by Gasteiger charge is -2.28. The number of hydrogen-bond donors (Lipinski definition) is 2. The van der Waals surface area contributed by atoms with E-state index in [1.807, 2.05) is 18.2 Å². The van der Waals surface area contributed by atoms with Crippen LogP contribution in [-0.4, -0.2) is 49.5 Å². The van der Waals surface area contributed by atoms with Crippen molar-refractivity contribution < 1.29 is 14.6 Å². The second-order valence-corrected chi connectivity index (χ2v) is 7.90. The van der Waals surface area contributed by atoms with E-state index in [2.05, 4.69) is 41.4 Å². The maximum Gasteiger partial charge on any atom is 0.161 e. The van der Waals surface area contributed by atoms with Crippen LogP contribution in [0.2, 0.25) is 0 Å². The molecule has 0 aromatic heterocycles. The van der Waals surface area contributed by atoms with Crippen molar-refractivity contribution >= 4 is 0 Å². The van der Waals surface area contributed by atoms with Crippen LogP contribution >= 0.6 is 0 Å². The lowest BCUT2D eigenvalue weighted by molar-refractivity contribution is 0.0608. The van der Waals surface area contributed by atoms with E-state index in [-0.39, 0.29) is 6.61 Å². The van der Waals surface area contributed by atoms with E-state index in [1.165, 1.54) is 30.4 Å². The van der Waals surface area contributed by atoms with E-state index in [9.17, 15) is 5.11 Å². The Hall–Kier alpha value is -2.08. The van der Waals surface area contributed by atoms with Gasteiger partial charge in [0.1, 0.15) is 12.7 Å². The molecule has 5 heteroatoms. The van der Waals surface area contributed by atoms with Gasteiger partial charge >= 0.3 is 0 Å².